The van der Waals surface area contributed by atoms with Crippen molar-refractivity contribution in [3.05, 3.63) is 48.5 Å². The maximum absolute atomic E-state index is 13.1. The molecule has 0 aliphatic rings. The number of rotatable bonds is 11. The number of amides is 1. The molecule has 0 aliphatic carbocycles. The van der Waals surface area contributed by atoms with Gasteiger partial charge in [0.05, 0.1) is 11.8 Å². The van der Waals surface area contributed by atoms with E-state index < -0.39 is 0 Å². The zero-order valence-corrected chi connectivity index (χ0v) is 20.7. The third-order valence-electron chi connectivity index (χ3n) is 4.66. The molecule has 8 heteroatoms. The molecule has 0 radical (unpaired) electrons. The quantitative estimate of drug-likeness (QED) is 0.265. The first-order chi connectivity index (χ1) is 14.6. The molecule has 1 heterocycles. The number of methoxy groups -OCH3 is 1. The van der Waals surface area contributed by atoms with Crippen molar-refractivity contribution in [3.8, 4) is 5.75 Å². The second kappa shape index (κ2) is 12.9. The Balaban J connectivity index is 0.00000341. The second-order valence-electron chi connectivity index (χ2n) is 7.27. The summed E-state index contributed by atoms with van der Waals surface area (Å²) >= 11 is 3.35. The minimum Gasteiger partial charge on any atom is -0.494 e. The zero-order valence-electron chi connectivity index (χ0n) is 18.2. The molecule has 0 atom stereocenters. The predicted molar refractivity (Wildman–Crippen MR) is 135 cm³/mol. The third-order valence-corrected chi connectivity index (χ3v) is 6.80. The summed E-state index contributed by atoms with van der Waals surface area (Å²) in [4.78, 5) is 23.1. The molecule has 31 heavy (non-hydrogen) atoms. The first-order valence-electron chi connectivity index (χ1n) is 10.1. The fraction of sp³-hybridized carbons (Fsp3) is 0.391. The number of hydrogen-bond acceptors (Lipinski definition) is 6. The van der Waals surface area contributed by atoms with E-state index in [4.69, 9.17) is 9.72 Å². The van der Waals surface area contributed by atoms with Crippen molar-refractivity contribution >= 4 is 56.8 Å². The fourth-order valence-electron chi connectivity index (χ4n) is 3.13. The number of anilines is 1. The number of para-hydroxylation sites is 1. The molecule has 5 nitrogen and oxygen atoms in total. The number of aromatic nitrogens is 1. The normalized spacial score (nSPS) is 10.8. The lowest BCUT2D eigenvalue weighted by Crippen LogP contribution is -2.33. The van der Waals surface area contributed by atoms with Gasteiger partial charge in [-0.1, -0.05) is 35.6 Å². The van der Waals surface area contributed by atoms with Crippen molar-refractivity contribution in [2.45, 2.75) is 24.2 Å². The van der Waals surface area contributed by atoms with Gasteiger partial charge < -0.3 is 9.64 Å². The lowest BCUT2D eigenvalue weighted by molar-refractivity contribution is -0.118. The molecular formula is C23H30ClN3O2S2. The van der Waals surface area contributed by atoms with Gasteiger partial charge in [-0.15, -0.1) is 24.2 Å². The van der Waals surface area contributed by atoms with Crippen molar-refractivity contribution < 1.29 is 9.53 Å². The van der Waals surface area contributed by atoms with Gasteiger partial charge in [0.2, 0.25) is 5.91 Å². The molecule has 168 valence electrons. The standard InChI is InChI=1S/C23H29N3O2S2.ClH/c1-25(2)15-9-16-26(21(27)14-8-17-29-18-10-5-4-6-11-18)23-24-22-19(28-3)12-7-13-20(22)30-23;/h4-7,10-13H,8-9,14-17H2,1-3H3;1H. The van der Waals surface area contributed by atoms with Crippen LogP contribution in [0.15, 0.2) is 53.4 Å². The molecular weight excluding hydrogens is 450 g/mol. The van der Waals surface area contributed by atoms with E-state index >= 15 is 0 Å². The Morgan fingerprint density at radius 3 is 2.55 bits per heavy atom. The summed E-state index contributed by atoms with van der Waals surface area (Å²) in [6, 6.07) is 16.2. The number of thiazole rings is 1. The van der Waals surface area contributed by atoms with Crippen LogP contribution in [0.5, 0.6) is 5.75 Å². The molecule has 0 spiro atoms. The molecule has 2 aromatic carbocycles. The summed E-state index contributed by atoms with van der Waals surface area (Å²) in [6.45, 7) is 1.60. The second-order valence-corrected chi connectivity index (χ2v) is 9.45. The Hall–Kier alpha value is -1.80. The van der Waals surface area contributed by atoms with Gasteiger partial charge in [-0.3, -0.25) is 9.69 Å². The number of hydrogen-bond donors (Lipinski definition) is 0. The lowest BCUT2D eigenvalue weighted by Gasteiger charge is -2.21. The van der Waals surface area contributed by atoms with Crippen molar-refractivity contribution in [2.24, 2.45) is 0 Å². The van der Waals surface area contributed by atoms with Gasteiger partial charge in [0.1, 0.15) is 11.3 Å². The Morgan fingerprint density at radius 2 is 1.84 bits per heavy atom. The number of benzene rings is 2. The summed E-state index contributed by atoms with van der Waals surface area (Å²) in [5, 5.41) is 0.758. The molecule has 0 aliphatic heterocycles. The molecule has 1 aromatic heterocycles. The van der Waals surface area contributed by atoms with Gasteiger partial charge in [0.15, 0.2) is 5.13 Å². The van der Waals surface area contributed by atoms with E-state index in [2.05, 4.69) is 31.1 Å². The first-order valence-corrected chi connectivity index (χ1v) is 11.9. The molecule has 3 aromatic rings. The molecule has 0 N–H and O–H groups in total. The van der Waals surface area contributed by atoms with Crippen LogP contribution < -0.4 is 9.64 Å². The van der Waals surface area contributed by atoms with Crippen molar-refractivity contribution in [1.82, 2.24) is 9.88 Å². The van der Waals surface area contributed by atoms with E-state index in [1.165, 1.54) is 4.90 Å². The van der Waals surface area contributed by atoms with Gasteiger partial charge in [0.25, 0.3) is 0 Å². The first kappa shape index (κ1) is 25.5. The summed E-state index contributed by atoms with van der Waals surface area (Å²) in [5.41, 5.74) is 0.824. The Labute approximate surface area is 199 Å². The van der Waals surface area contributed by atoms with E-state index in [-0.39, 0.29) is 18.3 Å². The van der Waals surface area contributed by atoms with E-state index in [9.17, 15) is 4.79 Å². The van der Waals surface area contributed by atoms with Crippen LogP contribution in [-0.4, -0.2) is 55.8 Å². The highest BCUT2D eigenvalue weighted by Crippen LogP contribution is 2.34. The monoisotopic (exact) mass is 479 g/mol. The van der Waals surface area contributed by atoms with Crippen LogP contribution in [0.25, 0.3) is 10.2 Å². The molecule has 0 unspecified atom stereocenters. The van der Waals surface area contributed by atoms with E-state index in [0.717, 1.165) is 46.2 Å². The van der Waals surface area contributed by atoms with Gasteiger partial charge in [-0.05, 0) is 63.5 Å². The minimum atomic E-state index is 0. The van der Waals surface area contributed by atoms with Crippen LogP contribution in [-0.2, 0) is 4.79 Å². The molecule has 3 rings (SSSR count). The Morgan fingerprint density at radius 1 is 1.06 bits per heavy atom. The van der Waals surface area contributed by atoms with E-state index in [1.807, 2.05) is 41.3 Å². The van der Waals surface area contributed by atoms with Crippen molar-refractivity contribution in [2.75, 3.05) is 44.9 Å². The van der Waals surface area contributed by atoms with Crippen LogP contribution >= 0.6 is 35.5 Å². The SMILES string of the molecule is COc1cccc2sc(N(CCCN(C)C)C(=O)CCCSc3ccccc3)nc12.Cl. The average Bonchev–Trinajstić information content (AvgIpc) is 3.18. The number of nitrogens with zero attached hydrogens (tertiary/aromatic N) is 3. The maximum Gasteiger partial charge on any atom is 0.228 e. The number of thioether (sulfide) groups is 1. The van der Waals surface area contributed by atoms with Gasteiger partial charge in [-0.2, -0.15) is 0 Å². The highest BCUT2D eigenvalue weighted by molar-refractivity contribution is 7.99. The highest BCUT2D eigenvalue weighted by Gasteiger charge is 2.20. The number of fused-ring (bicyclic) bond motifs is 1. The van der Waals surface area contributed by atoms with Gasteiger partial charge >= 0.3 is 0 Å². The van der Waals surface area contributed by atoms with Gasteiger partial charge in [-0.25, -0.2) is 4.98 Å². The lowest BCUT2D eigenvalue weighted by atomic mass is 10.3. The number of ether oxygens (including phenoxy) is 1. The Kier molecular flexibility index (Phi) is 10.6. The van der Waals surface area contributed by atoms with Crippen molar-refractivity contribution in [3.63, 3.8) is 0 Å². The number of carbonyl (C=O) groups excluding carboxylic acids is 1. The van der Waals surface area contributed by atoms with Crippen LogP contribution in [0, 0.1) is 0 Å². The smallest absolute Gasteiger partial charge is 0.228 e. The van der Waals surface area contributed by atoms with Gasteiger partial charge in [0, 0.05) is 17.9 Å². The molecule has 0 saturated heterocycles. The minimum absolute atomic E-state index is 0. The summed E-state index contributed by atoms with van der Waals surface area (Å²) < 4.78 is 6.48. The molecule has 1 amide bonds. The zero-order chi connectivity index (χ0) is 21.3. The van der Waals surface area contributed by atoms with Crippen LogP contribution in [0.4, 0.5) is 5.13 Å². The van der Waals surface area contributed by atoms with Crippen LogP contribution in [0.3, 0.4) is 0 Å². The summed E-state index contributed by atoms with van der Waals surface area (Å²) in [7, 11) is 5.75. The van der Waals surface area contributed by atoms with E-state index in [0.29, 0.717) is 13.0 Å². The highest BCUT2D eigenvalue weighted by atomic mass is 35.5. The summed E-state index contributed by atoms with van der Waals surface area (Å²) in [5.74, 6) is 1.81. The predicted octanol–water partition coefficient (Wildman–Crippen LogP) is 5.58. The van der Waals surface area contributed by atoms with Crippen LogP contribution in [0.2, 0.25) is 0 Å². The summed E-state index contributed by atoms with van der Waals surface area (Å²) in [6.07, 6.45) is 2.27. The topological polar surface area (TPSA) is 45.7 Å². The molecule has 0 fully saturated rings. The average molecular weight is 480 g/mol. The Bertz CT molecular complexity index is 950. The van der Waals surface area contributed by atoms with Crippen LogP contribution in [0.1, 0.15) is 19.3 Å². The third kappa shape index (κ3) is 7.38. The molecule has 0 saturated carbocycles. The van der Waals surface area contributed by atoms with E-state index in [1.54, 1.807) is 30.2 Å². The largest absolute Gasteiger partial charge is 0.494 e. The number of carbonyl (C=O) groups is 1. The fourth-order valence-corrected chi connectivity index (χ4v) is 5.03. The maximum atomic E-state index is 13.1. The molecule has 0 bridgehead atoms. The van der Waals surface area contributed by atoms with Crippen molar-refractivity contribution in [1.29, 1.82) is 0 Å². The number of halogens is 1.